The molecule has 0 fully saturated rings. The number of hydrogen-bond donors (Lipinski definition) is 1. The number of ether oxygens (including phenoxy) is 2. The van der Waals surface area contributed by atoms with E-state index < -0.39 is 0 Å². The number of halogens is 1. The first kappa shape index (κ1) is 22.5. The summed E-state index contributed by atoms with van der Waals surface area (Å²) in [5.74, 6) is 1.18. The van der Waals surface area contributed by atoms with Crippen LogP contribution in [0.4, 0.5) is 0 Å². The van der Waals surface area contributed by atoms with Crippen LogP contribution in [-0.2, 0) is 13.2 Å². The highest BCUT2D eigenvalue weighted by atomic mass is 35.5. The van der Waals surface area contributed by atoms with Crippen molar-refractivity contribution in [2.75, 3.05) is 7.11 Å². The predicted octanol–water partition coefficient (Wildman–Crippen LogP) is 4.16. The molecule has 0 aliphatic carbocycles. The van der Waals surface area contributed by atoms with Crippen molar-refractivity contribution in [3.8, 4) is 17.2 Å². The van der Waals surface area contributed by atoms with Gasteiger partial charge in [-0.15, -0.1) is 0 Å². The number of H-pyrrole nitrogens is 1. The Morgan fingerprint density at radius 1 is 1.00 bits per heavy atom. The third-order valence-electron chi connectivity index (χ3n) is 5.64. The van der Waals surface area contributed by atoms with E-state index in [0.29, 0.717) is 38.8 Å². The average Bonchev–Trinajstić information content (AvgIpc) is 3.20. The third-order valence-corrected chi connectivity index (χ3v) is 5.96. The van der Waals surface area contributed by atoms with Gasteiger partial charge in [-0.1, -0.05) is 35.9 Å². The van der Waals surface area contributed by atoms with Gasteiger partial charge in [0.25, 0.3) is 11.1 Å². The van der Waals surface area contributed by atoms with Crippen molar-refractivity contribution in [3.05, 3.63) is 116 Å². The highest BCUT2D eigenvalue weighted by Crippen LogP contribution is 2.23. The molecule has 0 amide bonds. The molecule has 0 spiro atoms. The molecule has 3 aromatic heterocycles. The van der Waals surface area contributed by atoms with Crippen LogP contribution >= 0.6 is 11.6 Å². The number of aromatic nitrogens is 4. The van der Waals surface area contributed by atoms with Crippen molar-refractivity contribution in [2.45, 2.75) is 13.2 Å². The van der Waals surface area contributed by atoms with Crippen LogP contribution < -0.4 is 20.6 Å². The molecule has 0 atom stereocenters. The van der Waals surface area contributed by atoms with Crippen molar-refractivity contribution < 1.29 is 9.47 Å². The molecule has 176 valence electrons. The van der Waals surface area contributed by atoms with Gasteiger partial charge in [-0.3, -0.25) is 19.7 Å². The number of hydrogen-bond acceptors (Lipinski definition) is 5. The van der Waals surface area contributed by atoms with E-state index in [1.165, 1.54) is 15.3 Å². The lowest BCUT2D eigenvalue weighted by Crippen LogP contribution is -2.26. The number of nitrogens with one attached hydrogen (secondary N) is 1. The monoisotopic (exact) mass is 488 g/mol. The van der Waals surface area contributed by atoms with Crippen molar-refractivity contribution in [1.29, 1.82) is 0 Å². The van der Waals surface area contributed by atoms with E-state index >= 15 is 0 Å². The SMILES string of the molecule is COc1cccc(OCc2c3c(=O)n(-c4ccccc4Cl)[nH]c3cc(=O)n2Cc2cccnc2)c1. The summed E-state index contributed by atoms with van der Waals surface area (Å²) in [7, 11) is 1.57. The second kappa shape index (κ2) is 9.52. The minimum atomic E-state index is -0.336. The van der Waals surface area contributed by atoms with Crippen LogP contribution in [-0.4, -0.2) is 26.4 Å². The summed E-state index contributed by atoms with van der Waals surface area (Å²) in [4.78, 5) is 30.9. The average molecular weight is 489 g/mol. The third kappa shape index (κ3) is 4.43. The number of fused-ring (bicyclic) bond motifs is 1. The Balaban J connectivity index is 1.67. The normalized spacial score (nSPS) is 11.0. The Kier molecular flexibility index (Phi) is 6.12. The van der Waals surface area contributed by atoms with Crippen molar-refractivity contribution in [1.82, 2.24) is 19.3 Å². The fourth-order valence-corrected chi connectivity index (χ4v) is 4.17. The minimum absolute atomic E-state index is 0.0182. The molecule has 35 heavy (non-hydrogen) atoms. The van der Waals surface area contributed by atoms with Gasteiger partial charge in [-0.25, -0.2) is 4.68 Å². The van der Waals surface area contributed by atoms with E-state index in [-0.39, 0.29) is 24.3 Å². The Hall–Kier alpha value is -4.30. The van der Waals surface area contributed by atoms with Gasteiger partial charge in [0.1, 0.15) is 18.1 Å². The maximum absolute atomic E-state index is 13.6. The fraction of sp³-hybridized carbons (Fsp3) is 0.115. The quantitative estimate of drug-likeness (QED) is 0.371. The van der Waals surface area contributed by atoms with Crippen molar-refractivity contribution in [2.24, 2.45) is 0 Å². The number of nitrogens with zero attached hydrogens (tertiary/aromatic N) is 3. The lowest BCUT2D eigenvalue weighted by molar-refractivity contribution is 0.293. The number of benzene rings is 2. The number of rotatable bonds is 7. The van der Waals surface area contributed by atoms with Crippen molar-refractivity contribution in [3.63, 3.8) is 0 Å². The van der Waals surface area contributed by atoms with Crippen LogP contribution in [0.15, 0.2) is 88.7 Å². The Morgan fingerprint density at radius 2 is 1.83 bits per heavy atom. The number of para-hydroxylation sites is 1. The van der Waals surface area contributed by atoms with Crippen LogP contribution in [0, 0.1) is 0 Å². The fourth-order valence-electron chi connectivity index (χ4n) is 3.95. The van der Waals surface area contributed by atoms with Crippen LogP contribution in [0.1, 0.15) is 11.3 Å². The summed E-state index contributed by atoms with van der Waals surface area (Å²) in [6.07, 6.45) is 3.35. The molecule has 8 nitrogen and oxygen atoms in total. The molecule has 0 saturated heterocycles. The molecule has 0 radical (unpaired) electrons. The summed E-state index contributed by atoms with van der Waals surface area (Å²) in [6, 6.07) is 19.2. The van der Waals surface area contributed by atoms with Gasteiger partial charge in [0.2, 0.25) is 0 Å². The first-order valence-electron chi connectivity index (χ1n) is 10.8. The first-order valence-corrected chi connectivity index (χ1v) is 11.2. The number of aromatic amines is 1. The molecule has 0 bridgehead atoms. The zero-order valence-corrected chi connectivity index (χ0v) is 19.5. The van der Waals surface area contributed by atoms with Gasteiger partial charge in [0.15, 0.2) is 0 Å². The molecule has 5 aromatic rings. The topological polar surface area (TPSA) is 91.1 Å². The Bertz CT molecular complexity index is 1620. The van der Waals surface area contributed by atoms with Crippen LogP contribution in [0.5, 0.6) is 11.5 Å². The zero-order chi connectivity index (χ0) is 24.4. The molecule has 3 heterocycles. The molecule has 0 unspecified atom stereocenters. The smallest absolute Gasteiger partial charge is 0.281 e. The highest BCUT2D eigenvalue weighted by molar-refractivity contribution is 6.32. The number of pyridine rings is 2. The van der Waals surface area contributed by atoms with Gasteiger partial charge in [0.05, 0.1) is 41.0 Å². The maximum Gasteiger partial charge on any atom is 0.281 e. The van der Waals surface area contributed by atoms with Gasteiger partial charge >= 0.3 is 0 Å². The van der Waals surface area contributed by atoms with Crippen LogP contribution in [0.3, 0.4) is 0 Å². The van der Waals surface area contributed by atoms with E-state index in [4.69, 9.17) is 21.1 Å². The summed E-state index contributed by atoms with van der Waals surface area (Å²) >= 11 is 6.35. The molecule has 0 aliphatic heterocycles. The molecule has 0 saturated carbocycles. The summed E-state index contributed by atoms with van der Waals surface area (Å²) < 4.78 is 14.2. The maximum atomic E-state index is 13.6. The van der Waals surface area contributed by atoms with Crippen LogP contribution in [0.25, 0.3) is 16.6 Å². The standard InChI is InChI=1S/C26H21ClN4O4/c1-34-18-7-4-8-19(12-18)35-16-23-25-21(13-24(32)30(23)15-17-6-5-11-28-14-17)29-31(26(25)33)22-10-3-2-9-20(22)27/h2-14,29H,15-16H2,1H3. The van der Waals surface area contributed by atoms with Gasteiger partial charge in [-0.05, 0) is 35.9 Å². The second-order valence-corrected chi connectivity index (χ2v) is 8.24. The minimum Gasteiger partial charge on any atom is -0.497 e. The number of methoxy groups -OCH3 is 1. The molecule has 0 aliphatic rings. The van der Waals surface area contributed by atoms with Gasteiger partial charge in [0, 0.05) is 24.5 Å². The van der Waals surface area contributed by atoms with Crippen LogP contribution in [0.2, 0.25) is 5.02 Å². The van der Waals surface area contributed by atoms with E-state index in [0.717, 1.165) is 5.56 Å². The predicted molar refractivity (Wildman–Crippen MR) is 134 cm³/mol. The van der Waals surface area contributed by atoms with Crippen molar-refractivity contribution >= 4 is 22.5 Å². The lowest BCUT2D eigenvalue weighted by atomic mass is 10.2. The van der Waals surface area contributed by atoms with Gasteiger partial charge in [-0.2, -0.15) is 0 Å². The molecule has 5 rings (SSSR count). The summed E-state index contributed by atoms with van der Waals surface area (Å²) in [5.41, 5.74) is 1.52. The first-order chi connectivity index (χ1) is 17.0. The molecular formula is C26H21ClN4O4. The highest BCUT2D eigenvalue weighted by Gasteiger charge is 2.19. The van der Waals surface area contributed by atoms with E-state index in [1.807, 2.05) is 6.07 Å². The Labute approximate surface area is 204 Å². The van der Waals surface area contributed by atoms with E-state index in [2.05, 4.69) is 10.1 Å². The van der Waals surface area contributed by atoms with Gasteiger partial charge < -0.3 is 14.0 Å². The summed E-state index contributed by atoms with van der Waals surface area (Å²) in [6.45, 7) is 0.214. The molecule has 1 N–H and O–H groups in total. The van der Waals surface area contributed by atoms with E-state index in [1.54, 1.807) is 74.1 Å². The van der Waals surface area contributed by atoms with E-state index in [9.17, 15) is 9.59 Å². The zero-order valence-electron chi connectivity index (χ0n) is 18.8. The largest absolute Gasteiger partial charge is 0.497 e. The summed E-state index contributed by atoms with van der Waals surface area (Å²) in [5, 5.41) is 3.78. The molecule has 2 aromatic carbocycles. The second-order valence-electron chi connectivity index (χ2n) is 7.84. The molecule has 9 heteroatoms. The molecular weight excluding hydrogens is 468 g/mol. The Morgan fingerprint density at radius 3 is 2.60 bits per heavy atom. The lowest BCUT2D eigenvalue weighted by Gasteiger charge is -2.15.